The van der Waals surface area contributed by atoms with Crippen molar-refractivity contribution in [3.05, 3.63) is 35.4 Å². The molecule has 0 saturated carbocycles. The summed E-state index contributed by atoms with van der Waals surface area (Å²) >= 11 is 5.51. The van der Waals surface area contributed by atoms with Gasteiger partial charge in [0.15, 0.2) is 0 Å². The second kappa shape index (κ2) is 6.60. The highest BCUT2D eigenvalue weighted by Gasteiger charge is 2.10. The molecule has 0 unspecified atom stereocenters. The van der Waals surface area contributed by atoms with Crippen molar-refractivity contribution >= 4 is 26.9 Å². The topological polar surface area (TPSA) is 29.4 Å². The maximum absolute atomic E-state index is 13.4. The summed E-state index contributed by atoms with van der Waals surface area (Å²) in [5.41, 5.74) is 0.371. The molecule has 0 amide bonds. The summed E-state index contributed by atoms with van der Waals surface area (Å²) in [7, 11) is -1.38. The van der Waals surface area contributed by atoms with Crippen molar-refractivity contribution in [1.29, 1.82) is 0 Å². The summed E-state index contributed by atoms with van der Waals surface area (Å²) in [4.78, 5) is 0. The summed E-state index contributed by atoms with van der Waals surface area (Å²) in [6.07, 6.45) is 0.967. The number of halogens is 3. The van der Waals surface area contributed by atoms with Crippen molar-refractivity contribution in [2.45, 2.75) is 12.8 Å². The van der Waals surface area contributed by atoms with Gasteiger partial charge < -0.3 is 4.46 Å². The van der Waals surface area contributed by atoms with Gasteiger partial charge in [0.2, 0.25) is 0 Å². The smallest absolute Gasteiger partial charge is 0.361 e. The fourth-order valence-corrected chi connectivity index (χ4v) is 1.81. The lowest BCUT2D eigenvalue weighted by atomic mass is 10.1. The Morgan fingerprint density at radius 2 is 2.19 bits per heavy atom. The second-order valence-electron chi connectivity index (χ2n) is 3.10. The number of benzene rings is 1. The molecule has 6 heteroatoms. The van der Waals surface area contributed by atoms with Crippen LogP contribution in [0.25, 0.3) is 0 Å². The minimum absolute atomic E-state index is 0.0634. The Labute approximate surface area is 99.3 Å². The first-order chi connectivity index (χ1) is 7.69. The third kappa shape index (κ3) is 3.57. The maximum atomic E-state index is 13.4. The van der Waals surface area contributed by atoms with Crippen LogP contribution in [-0.2, 0) is 4.46 Å². The number of nitrogens with zero attached hydrogens (tertiary/aromatic N) is 1. The van der Waals surface area contributed by atoms with Crippen molar-refractivity contribution in [2.24, 2.45) is 4.66 Å². The first-order valence-electron chi connectivity index (χ1n) is 4.70. The Morgan fingerprint density at radius 3 is 2.81 bits per heavy atom. The molecule has 0 heterocycles. The van der Waals surface area contributed by atoms with Crippen molar-refractivity contribution in [1.82, 2.24) is 0 Å². The van der Waals surface area contributed by atoms with Crippen LogP contribution in [0, 0.1) is 11.6 Å². The van der Waals surface area contributed by atoms with Gasteiger partial charge in [-0.2, -0.15) is 0 Å². The molecule has 86 valence electrons. The molecule has 0 fully saturated rings. The zero-order valence-corrected chi connectivity index (χ0v) is 10.3. The predicted molar refractivity (Wildman–Crippen MR) is 60.7 cm³/mol. The number of alkyl halides is 1. The van der Waals surface area contributed by atoms with E-state index in [4.69, 9.17) is 11.6 Å². The van der Waals surface area contributed by atoms with Gasteiger partial charge in [-0.05, 0) is 31.0 Å². The lowest BCUT2D eigenvalue weighted by Crippen LogP contribution is -2.06. The molecule has 0 N–H and O–H groups in total. The van der Waals surface area contributed by atoms with Crippen LogP contribution in [0.15, 0.2) is 22.9 Å². The van der Waals surface area contributed by atoms with E-state index in [0.717, 1.165) is 18.2 Å². The van der Waals surface area contributed by atoms with Crippen LogP contribution in [0.2, 0.25) is 0 Å². The highest BCUT2D eigenvalue weighted by Crippen LogP contribution is 2.14. The van der Waals surface area contributed by atoms with E-state index in [0.29, 0.717) is 24.4 Å². The third-order valence-electron chi connectivity index (χ3n) is 2.00. The molecular weight excluding hydrogens is 252 g/mol. The Balaban J connectivity index is 3.05. The van der Waals surface area contributed by atoms with E-state index in [1.54, 1.807) is 0 Å². The molecule has 0 radical (unpaired) electrons. The average Bonchev–Trinajstić information content (AvgIpc) is 2.28. The molecule has 1 aromatic carbocycles. The van der Waals surface area contributed by atoms with E-state index in [-0.39, 0.29) is 5.56 Å². The standard InChI is InChI=1S/C10H10ClF2NOSi/c11-5-1-2-10(14-16-15)8-6-7(12)3-4-9(8)13/h3-4,6,16H,1-2,5H2/b14-10+. The van der Waals surface area contributed by atoms with E-state index in [1.165, 1.54) is 0 Å². The van der Waals surface area contributed by atoms with E-state index in [2.05, 4.69) is 4.66 Å². The van der Waals surface area contributed by atoms with Gasteiger partial charge in [0, 0.05) is 17.2 Å². The number of rotatable bonds is 5. The van der Waals surface area contributed by atoms with Crippen LogP contribution >= 0.6 is 11.6 Å². The predicted octanol–water partition coefficient (Wildman–Crippen LogP) is 2.47. The number of hydrogen-bond donors (Lipinski definition) is 0. The first kappa shape index (κ1) is 13.1. The lowest BCUT2D eigenvalue weighted by molar-refractivity contribution is 0.577. The largest absolute Gasteiger partial charge is 0.403 e. The zero-order chi connectivity index (χ0) is 12.0. The quantitative estimate of drug-likeness (QED) is 0.455. The second-order valence-corrected chi connectivity index (χ2v) is 3.94. The summed E-state index contributed by atoms with van der Waals surface area (Å²) in [6.45, 7) is 0. The fourth-order valence-electron chi connectivity index (χ4n) is 1.29. The molecule has 0 atom stereocenters. The van der Waals surface area contributed by atoms with Crippen LogP contribution < -0.4 is 0 Å². The molecule has 1 rings (SSSR count). The molecule has 0 aliphatic carbocycles. The Morgan fingerprint density at radius 1 is 1.44 bits per heavy atom. The molecular formula is C10H10ClF2NOSi. The summed E-state index contributed by atoms with van der Waals surface area (Å²) in [5.74, 6) is -0.720. The van der Waals surface area contributed by atoms with Crippen LogP contribution in [0.5, 0.6) is 0 Å². The Kier molecular flexibility index (Phi) is 5.41. The van der Waals surface area contributed by atoms with E-state index in [9.17, 15) is 13.2 Å². The first-order valence-corrected chi connectivity index (χ1v) is 6.23. The lowest BCUT2D eigenvalue weighted by Gasteiger charge is -2.06. The molecule has 0 aliphatic heterocycles. The molecule has 0 aliphatic rings. The molecule has 1 aromatic rings. The van der Waals surface area contributed by atoms with E-state index in [1.807, 2.05) is 0 Å². The summed E-state index contributed by atoms with van der Waals surface area (Å²) < 4.78 is 40.6. The normalized spacial score (nSPS) is 11.6. The molecule has 2 nitrogen and oxygen atoms in total. The van der Waals surface area contributed by atoms with Gasteiger partial charge in [-0.3, -0.25) is 4.66 Å². The molecule has 0 saturated heterocycles. The van der Waals surface area contributed by atoms with Crippen molar-refractivity contribution in [3.8, 4) is 0 Å². The fraction of sp³-hybridized carbons (Fsp3) is 0.300. The monoisotopic (exact) mass is 261 g/mol. The SMILES string of the molecule is O=[SiH]/N=C(\CCCCl)c1cc(F)ccc1F. The van der Waals surface area contributed by atoms with Crippen LogP contribution in [0.4, 0.5) is 8.78 Å². The minimum atomic E-state index is -1.38. The Bertz CT molecular complexity index is 412. The molecule has 0 bridgehead atoms. The van der Waals surface area contributed by atoms with Gasteiger partial charge >= 0.3 is 9.57 Å². The highest BCUT2D eigenvalue weighted by atomic mass is 35.5. The van der Waals surface area contributed by atoms with Crippen LogP contribution in [0.3, 0.4) is 0 Å². The third-order valence-corrected chi connectivity index (χ3v) is 2.68. The average molecular weight is 262 g/mol. The number of hydrogen-bond acceptors (Lipinski definition) is 1. The van der Waals surface area contributed by atoms with Gasteiger partial charge in [0.25, 0.3) is 0 Å². The van der Waals surface area contributed by atoms with Crippen molar-refractivity contribution in [2.75, 3.05) is 5.88 Å². The van der Waals surface area contributed by atoms with Gasteiger partial charge in [-0.15, -0.1) is 11.6 Å². The maximum Gasteiger partial charge on any atom is 0.403 e. The van der Waals surface area contributed by atoms with Gasteiger partial charge in [0.1, 0.15) is 11.6 Å². The van der Waals surface area contributed by atoms with E-state index < -0.39 is 21.2 Å². The van der Waals surface area contributed by atoms with Gasteiger partial charge in [-0.1, -0.05) is 0 Å². The van der Waals surface area contributed by atoms with Crippen molar-refractivity contribution < 1.29 is 13.2 Å². The minimum Gasteiger partial charge on any atom is -0.361 e. The highest BCUT2D eigenvalue weighted by molar-refractivity contribution is 6.22. The van der Waals surface area contributed by atoms with Crippen LogP contribution in [0.1, 0.15) is 18.4 Å². The summed E-state index contributed by atoms with van der Waals surface area (Å²) in [6, 6.07) is 3.11. The van der Waals surface area contributed by atoms with Gasteiger partial charge in [0.05, 0.1) is 0 Å². The zero-order valence-electron chi connectivity index (χ0n) is 8.42. The molecule has 0 aromatic heterocycles. The van der Waals surface area contributed by atoms with Crippen LogP contribution in [-0.4, -0.2) is 21.2 Å². The van der Waals surface area contributed by atoms with Crippen molar-refractivity contribution in [3.63, 3.8) is 0 Å². The van der Waals surface area contributed by atoms with E-state index >= 15 is 0 Å². The Hall–Kier alpha value is -0.943. The molecule has 16 heavy (non-hydrogen) atoms. The van der Waals surface area contributed by atoms with Gasteiger partial charge in [-0.25, -0.2) is 8.78 Å². The summed E-state index contributed by atoms with van der Waals surface area (Å²) in [5, 5.41) is 0. The molecule has 0 spiro atoms.